The van der Waals surface area contributed by atoms with E-state index in [0.29, 0.717) is 42.2 Å². The number of carbonyl (C=O) groups is 2. The van der Waals surface area contributed by atoms with Gasteiger partial charge < -0.3 is 9.84 Å². The van der Waals surface area contributed by atoms with E-state index in [1.165, 1.54) is 0 Å². The summed E-state index contributed by atoms with van der Waals surface area (Å²) >= 11 is 0. The minimum Gasteiger partial charge on any atom is -0.478 e. The highest BCUT2D eigenvalue weighted by atomic mass is 16.5. The Morgan fingerprint density at radius 3 is 2.94 bits per heavy atom. The molecule has 1 aliphatic carbocycles. The number of Topliss-reactive ketones (excluding diaryl/α,β-unsaturated/α-hetero) is 1. The first kappa shape index (κ1) is 12.3. The quantitative estimate of drug-likeness (QED) is 0.821. The predicted octanol–water partition coefficient (Wildman–Crippen LogP) is 1.62. The van der Waals surface area contributed by atoms with Crippen LogP contribution in [-0.2, 0) is 11.2 Å². The highest BCUT2D eigenvalue weighted by molar-refractivity contribution is 6.12. The summed E-state index contributed by atoms with van der Waals surface area (Å²) in [7, 11) is 0. The molecule has 0 saturated heterocycles. The SMILES string of the molecule is CCOc1ccc2c(n1)CCC(=CC(=O)O)C2=O. The minimum atomic E-state index is -1.10. The number of carbonyl (C=O) groups excluding carboxylic acids is 1. The van der Waals surface area contributed by atoms with Crippen molar-refractivity contribution in [1.82, 2.24) is 4.98 Å². The van der Waals surface area contributed by atoms with E-state index in [2.05, 4.69) is 4.98 Å². The van der Waals surface area contributed by atoms with E-state index < -0.39 is 5.97 Å². The fourth-order valence-electron chi connectivity index (χ4n) is 1.93. The molecule has 2 rings (SSSR count). The summed E-state index contributed by atoms with van der Waals surface area (Å²) in [5.41, 5.74) is 1.46. The highest BCUT2D eigenvalue weighted by Crippen LogP contribution is 2.25. The molecule has 1 heterocycles. The van der Waals surface area contributed by atoms with Gasteiger partial charge >= 0.3 is 5.97 Å². The second-order valence-corrected chi connectivity index (χ2v) is 3.91. The van der Waals surface area contributed by atoms with Gasteiger partial charge in [-0.2, -0.15) is 0 Å². The minimum absolute atomic E-state index is 0.255. The van der Waals surface area contributed by atoms with Gasteiger partial charge in [-0.05, 0) is 25.8 Å². The monoisotopic (exact) mass is 247 g/mol. The standard InChI is InChI=1S/C13H13NO4/c1-2-18-11-6-4-9-10(14-11)5-3-8(13(9)17)7-12(15)16/h4,6-7H,2-3,5H2,1H3,(H,15,16). The number of rotatable bonds is 3. The average molecular weight is 247 g/mol. The zero-order valence-corrected chi connectivity index (χ0v) is 9.97. The predicted molar refractivity (Wildman–Crippen MR) is 63.8 cm³/mol. The fraction of sp³-hybridized carbons (Fsp3) is 0.308. The number of aryl methyl sites for hydroxylation is 1. The van der Waals surface area contributed by atoms with Crippen molar-refractivity contribution in [2.24, 2.45) is 0 Å². The number of ether oxygens (including phenoxy) is 1. The third kappa shape index (κ3) is 2.40. The van der Waals surface area contributed by atoms with Gasteiger partial charge in [0.25, 0.3) is 0 Å². The van der Waals surface area contributed by atoms with Crippen molar-refractivity contribution < 1.29 is 19.4 Å². The molecule has 5 heteroatoms. The molecule has 0 amide bonds. The van der Waals surface area contributed by atoms with E-state index >= 15 is 0 Å². The van der Waals surface area contributed by atoms with Gasteiger partial charge in [-0.1, -0.05) is 0 Å². The van der Waals surface area contributed by atoms with Crippen molar-refractivity contribution in [3.63, 3.8) is 0 Å². The maximum absolute atomic E-state index is 12.0. The molecule has 5 nitrogen and oxygen atoms in total. The number of nitrogens with zero attached hydrogens (tertiary/aromatic N) is 1. The number of carboxylic acids is 1. The van der Waals surface area contributed by atoms with E-state index in [4.69, 9.17) is 9.84 Å². The third-order valence-corrected chi connectivity index (χ3v) is 2.71. The molecule has 0 bridgehead atoms. The molecule has 0 unspecified atom stereocenters. The average Bonchev–Trinajstić information content (AvgIpc) is 2.33. The van der Waals surface area contributed by atoms with Crippen LogP contribution in [0, 0.1) is 0 Å². The maximum Gasteiger partial charge on any atom is 0.328 e. The van der Waals surface area contributed by atoms with Gasteiger partial charge in [-0.3, -0.25) is 4.79 Å². The number of fused-ring (bicyclic) bond motifs is 1. The van der Waals surface area contributed by atoms with Crippen molar-refractivity contribution in [3.8, 4) is 5.88 Å². The largest absolute Gasteiger partial charge is 0.478 e. The Bertz CT molecular complexity index is 534. The van der Waals surface area contributed by atoms with Crippen LogP contribution in [-0.4, -0.2) is 28.4 Å². The van der Waals surface area contributed by atoms with Crippen LogP contribution in [0.1, 0.15) is 29.4 Å². The molecule has 0 atom stereocenters. The number of aromatic nitrogens is 1. The Morgan fingerprint density at radius 2 is 2.28 bits per heavy atom. The second kappa shape index (κ2) is 5.00. The lowest BCUT2D eigenvalue weighted by atomic mass is 9.90. The molecule has 0 aromatic carbocycles. The fourth-order valence-corrected chi connectivity index (χ4v) is 1.93. The van der Waals surface area contributed by atoms with Crippen LogP contribution in [0.3, 0.4) is 0 Å². The summed E-state index contributed by atoms with van der Waals surface area (Å²) < 4.78 is 5.27. The lowest BCUT2D eigenvalue weighted by molar-refractivity contribution is -0.131. The zero-order chi connectivity index (χ0) is 13.1. The van der Waals surface area contributed by atoms with Crippen molar-refractivity contribution in [3.05, 3.63) is 35.0 Å². The maximum atomic E-state index is 12.0. The van der Waals surface area contributed by atoms with Gasteiger partial charge in [0.05, 0.1) is 12.3 Å². The van der Waals surface area contributed by atoms with Crippen LogP contribution in [0.15, 0.2) is 23.8 Å². The lowest BCUT2D eigenvalue weighted by Crippen LogP contribution is -2.17. The van der Waals surface area contributed by atoms with Crippen LogP contribution in [0.25, 0.3) is 0 Å². The van der Waals surface area contributed by atoms with Gasteiger partial charge in [-0.15, -0.1) is 0 Å². The second-order valence-electron chi connectivity index (χ2n) is 3.91. The van der Waals surface area contributed by atoms with Crippen molar-refractivity contribution in [2.45, 2.75) is 19.8 Å². The van der Waals surface area contributed by atoms with Gasteiger partial charge in [0.2, 0.25) is 5.88 Å². The topological polar surface area (TPSA) is 76.5 Å². The van der Waals surface area contributed by atoms with E-state index in [9.17, 15) is 9.59 Å². The van der Waals surface area contributed by atoms with Crippen LogP contribution >= 0.6 is 0 Å². The van der Waals surface area contributed by atoms with Crippen molar-refractivity contribution in [2.75, 3.05) is 6.61 Å². The first-order valence-electron chi connectivity index (χ1n) is 5.72. The Balaban J connectivity index is 2.34. The van der Waals surface area contributed by atoms with E-state index in [1.54, 1.807) is 12.1 Å². The Labute approximate surface area is 104 Å². The van der Waals surface area contributed by atoms with Crippen LogP contribution in [0.2, 0.25) is 0 Å². The summed E-state index contributed by atoms with van der Waals surface area (Å²) in [6.45, 7) is 2.38. The first-order chi connectivity index (χ1) is 8.61. The van der Waals surface area contributed by atoms with Crippen LogP contribution < -0.4 is 4.74 Å². The van der Waals surface area contributed by atoms with Gasteiger partial charge in [-0.25, -0.2) is 9.78 Å². The number of pyridine rings is 1. The Morgan fingerprint density at radius 1 is 1.50 bits per heavy atom. The molecule has 94 valence electrons. The van der Waals surface area contributed by atoms with Gasteiger partial charge in [0, 0.05) is 23.3 Å². The molecular formula is C13H13NO4. The lowest BCUT2D eigenvalue weighted by Gasteiger charge is -2.16. The zero-order valence-electron chi connectivity index (χ0n) is 9.97. The normalized spacial score (nSPS) is 16.5. The molecule has 1 aliphatic rings. The molecule has 0 fully saturated rings. The molecule has 0 aliphatic heterocycles. The van der Waals surface area contributed by atoms with Crippen LogP contribution in [0.5, 0.6) is 5.88 Å². The number of hydrogen-bond acceptors (Lipinski definition) is 4. The summed E-state index contributed by atoms with van der Waals surface area (Å²) in [6.07, 6.45) is 1.93. The van der Waals surface area contributed by atoms with E-state index in [0.717, 1.165) is 6.08 Å². The smallest absolute Gasteiger partial charge is 0.328 e. The molecular weight excluding hydrogens is 234 g/mol. The highest BCUT2D eigenvalue weighted by Gasteiger charge is 2.24. The number of carboxylic acid groups (broad SMARTS) is 1. The molecule has 0 saturated carbocycles. The summed E-state index contributed by atoms with van der Waals surface area (Å²) in [6, 6.07) is 3.27. The summed E-state index contributed by atoms with van der Waals surface area (Å²) in [5, 5.41) is 8.68. The summed E-state index contributed by atoms with van der Waals surface area (Å²) in [4.78, 5) is 26.9. The number of hydrogen-bond donors (Lipinski definition) is 1. The molecule has 1 aromatic heterocycles. The first-order valence-corrected chi connectivity index (χ1v) is 5.72. The molecule has 1 aromatic rings. The van der Waals surface area contributed by atoms with Gasteiger partial charge in [0.1, 0.15) is 0 Å². The molecule has 0 radical (unpaired) electrons. The number of allylic oxidation sites excluding steroid dienone is 1. The van der Waals surface area contributed by atoms with Crippen LogP contribution in [0.4, 0.5) is 0 Å². The molecule has 0 spiro atoms. The summed E-state index contributed by atoms with van der Waals surface area (Å²) in [5.74, 6) is -0.857. The number of aliphatic carboxylic acids is 1. The van der Waals surface area contributed by atoms with Gasteiger partial charge in [0.15, 0.2) is 5.78 Å². The van der Waals surface area contributed by atoms with Crippen molar-refractivity contribution >= 4 is 11.8 Å². The van der Waals surface area contributed by atoms with E-state index in [-0.39, 0.29) is 5.78 Å². The number of ketones is 1. The Kier molecular flexibility index (Phi) is 3.41. The molecule has 18 heavy (non-hydrogen) atoms. The molecule has 1 N–H and O–H groups in total. The third-order valence-electron chi connectivity index (χ3n) is 2.71. The van der Waals surface area contributed by atoms with Crippen molar-refractivity contribution in [1.29, 1.82) is 0 Å². The Hall–Kier alpha value is -2.17. The van der Waals surface area contributed by atoms with E-state index in [1.807, 2.05) is 6.92 Å².